The van der Waals surface area contributed by atoms with Crippen molar-refractivity contribution in [3.05, 3.63) is 47.3 Å². The second-order valence-corrected chi connectivity index (χ2v) is 5.65. The first-order chi connectivity index (χ1) is 9.53. The Balaban J connectivity index is 2.02. The van der Waals surface area contributed by atoms with Crippen molar-refractivity contribution in [1.82, 2.24) is 14.8 Å². The molecule has 3 rings (SSSR count). The summed E-state index contributed by atoms with van der Waals surface area (Å²) >= 11 is 5.83. The van der Waals surface area contributed by atoms with Crippen LogP contribution in [0.2, 0.25) is 5.02 Å². The largest absolute Gasteiger partial charge is 0.364 e. The lowest BCUT2D eigenvalue weighted by Crippen LogP contribution is -2.57. The van der Waals surface area contributed by atoms with Gasteiger partial charge in [0.15, 0.2) is 0 Å². The summed E-state index contributed by atoms with van der Waals surface area (Å²) in [6.07, 6.45) is 3.14. The highest BCUT2D eigenvalue weighted by molar-refractivity contribution is 6.30. The smallest absolute Gasteiger partial charge is 0.137 e. The van der Waals surface area contributed by atoms with E-state index in [1.165, 1.54) is 12.4 Å². The van der Waals surface area contributed by atoms with E-state index in [0.717, 1.165) is 0 Å². The first-order valence-corrected chi connectivity index (χ1v) is 6.86. The molecule has 0 radical (unpaired) electrons. The number of ether oxygens (including phenoxy) is 1. The zero-order chi connectivity index (χ0) is 14.3. The van der Waals surface area contributed by atoms with Gasteiger partial charge in [-0.05, 0) is 19.1 Å². The van der Waals surface area contributed by atoms with Gasteiger partial charge in [0.05, 0.1) is 12.6 Å². The minimum Gasteiger partial charge on any atom is -0.364 e. The number of rotatable bonds is 3. The van der Waals surface area contributed by atoms with Gasteiger partial charge in [0, 0.05) is 16.5 Å². The van der Waals surface area contributed by atoms with E-state index in [4.69, 9.17) is 16.3 Å². The molecule has 0 amide bonds. The maximum absolute atomic E-state index is 14.3. The van der Waals surface area contributed by atoms with Crippen molar-refractivity contribution in [3.63, 3.8) is 0 Å². The van der Waals surface area contributed by atoms with E-state index in [0.29, 0.717) is 17.1 Å². The van der Waals surface area contributed by atoms with Crippen LogP contribution in [-0.2, 0) is 16.9 Å². The van der Waals surface area contributed by atoms with Crippen LogP contribution in [0.25, 0.3) is 0 Å². The zero-order valence-electron chi connectivity index (χ0n) is 11.3. The van der Waals surface area contributed by atoms with Crippen LogP contribution in [0, 0.1) is 11.7 Å². The predicted molar refractivity (Wildman–Crippen MR) is 72.8 cm³/mol. The van der Waals surface area contributed by atoms with E-state index in [9.17, 15) is 4.39 Å². The number of hydrogen-bond donors (Lipinski definition) is 0. The molecule has 1 aromatic heterocycles. The lowest BCUT2D eigenvalue weighted by molar-refractivity contribution is -0.265. The third kappa shape index (κ3) is 2.01. The van der Waals surface area contributed by atoms with Gasteiger partial charge in [-0.2, -0.15) is 5.10 Å². The van der Waals surface area contributed by atoms with E-state index < -0.39 is 5.60 Å². The molecule has 0 bridgehead atoms. The average Bonchev–Trinajstić information content (AvgIpc) is 2.90. The molecule has 6 heteroatoms. The van der Waals surface area contributed by atoms with Gasteiger partial charge in [-0.3, -0.25) is 0 Å². The molecule has 2 heterocycles. The maximum atomic E-state index is 14.3. The zero-order valence-corrected chi connectivity index (χ0v) is 12.0. The van der Waals surface area contributed by atoms with Crippen molar-refractivity contribution in [3.8, 4) is 0 Å². The fraction of sp³-hybridized carbons (Fsp3) is 0.429. The van der Waals surface area contributed by atoms with Crippen molar-refractivity contribution in [2.75, 3.05) is 0 Å². The highest BCUT2D eigenvalue weighted by atomic mass is 35.5. The van der Waals surface area contributed by atoms with Crippen LogP contribution in [0.1, 0.15) is 19.4 Å². The Morgan fingerprint density at radius 3 is 2.80 bits per heavy atom. The molecule has 1 aliphatic rings. The number of nitrogens with zero attached hydrogens (tertiary/aromatic N) is 3. The minimum absolute atomic E-state index is 0.0774. The van der Waals surface area contributed by atoms with Gasteiger partial charge in [-0.15, -0.1) is 0 Å². The lowest BCUT2D eigenvalue weighted by atomic mass is 9.73. The number of benzene rings is 1. The summed E-state index contributed by atoms with van der Waals surface area (Å²) in [5.74, 6) is -0.182. The molecule has 3 unspecified atom stereocenters. The van der Waals surface area contributed by atoms with Gasteiger partial charge in [-0.25, -0.2) is 14.1 Å². The molecule has 3 atom stereocenters. The van der Waals surface area contributed by atoms with Crippen molar-refractivity contribution in [1.29, 1.82) is 0 Å². The monoisotopic (exact) mass is 295 g/mol. The van der Waals surface area contributed by atoms with Gasteiger partial charge in [-0.1, -0.05) is 24.6 Å². The van der Waals surface area contributed by atoms with E-state index in [2.05, 4.69) is 17.0 Å². The second-order valence-electron chi connectivity index (χ2n) is 5.22. The van der Waals surface area contributed by atoms with Crippen LogP contribution >= 0.6 is 11.6 Å². The Hall–Kier alpha value is -1.46. The average molecular weight is 296 g/mol. The first kappa shape index (κ1) is 13.5. The maximum Gasteiger partial charge on any atom is 0.137 e. The normalized spacial score (nSPS) is 29.2. The summed E-state index contributed by atoms with van der Waals surface area (Å²) in [5, 5.41) is 4.47. The van der Waals surface area contributed by atoms with Gasteiger partial charge < -0.3 is 4.74 Å². The minimum atomic E-state index is -0.720. The van der Waals surface area contributed by atoms with Gasteiger partial charge in [0.2, 0.25) is 0 Å². The molecule has 1 saturated heterocycles. The second kappa shape index (κ2) is 4.82. The highest BCUT2D eigenvalue weighted by Gasteiger charge is 2.53. The SMILES string of the molecule is CC1OC(Cn2cncn2)(c2ccc(Cl)cc2F)C1C. The molecule has 0 N–H and O–H groups in total. The Labute approximate surface area is 121 Å². The molecular formula is C14H15ClFN3O. The number of halogens is 2. The third-order valence-corrected chi connectivity index (χ3v) is 4.32. The van der Waals surface area contributed by atoms with Crippen molar-refractivity contribution in [2.24, 2.45) is 5.92 Å². The topological polar surface area (TPSA) is 39.9 Å². The Kier molecular flexibility index (Phi) is 3.26. The van der Waals surface area contributed by atoms with Gasteiger partial charge in [0.1, 0.15) is 24.1 Å². The van der Waals surface area contributed by atoms with Crippen LogP contribution in [0.4, 0.5) is 4.39 Å². The number of hydrogen-bond acceptors (Lipinski definition) is 3. The van der Waals surface area contributed by atoms with Gasteiger partial charge in [0.25, 0.3) is 0 Å². The summed E-state index contributed by atoms with van der Waals surface area (Å²) in [7, 11) is 0. The third-order valence-electron chi connectivity index (χ3n) is 4.09. The molecule has 106 valence electrons. The molecule has 20 heavy (non-hydrogen) atoms. The summed E-state index contributed by atoms with van der Waals surface area (Å²) in [5.41, 5.74) is -0.204. The van der Waals surface area contributed by atoms with Crippen molar-refractivity contribution in [2.45, 2.75) is 32.1 Å². The molecule has 0 spiro atoms. The van der Waals surface area contributed by atoms with Crippen LogP contribution in [0.3, 0.4) is 0 Å². The van der Waals surface area contributed by atoms with Crippen LogP contribution in [0.5, 0.6) is 0 Å². The Morgan fingerprint density at radius 2 is 2.25 bits per heavy atom. The highest BCUT2D eigenvalue weighted by Crippen LogP contribution is 2.49. The van der Waals surface area contributed by atoms with Crippen molar-refractivity contribution < 1.29 is 9.13 Å². The van der Waals surface area contributed by atoms with Crippen molar-refractivity contribution >= 4 is 11.6 Å². The molecule has 1 fully saturated rings. The van der Waals surface area contributed by atoms with Crippen LogP contribution in [0.15, 0.2) is 30.9 Å². The molecule has 2 aromatic rings. The fourth-order valence-corrected chi connectivity index (χ4v) is 2.97. The van der Waals surface area contributed by atoms with E-state index >= 15 is 0 Å². The fourth-order valence-electron chi connectivity index (χ4n) is 2.81. The van der Waals surface area contributed by atoms with E-state index in [-0.39, 0.29) is 17.8 Å². The summed E-state index contributed by atoms with van der Waals surface area (Å²) in [4.78, 5) is 3.92. The lowest BCUT2D eigenvalue weighted by Gasteiger charge is -2.52. The molecule has 1 aliphatic heterocycles. The van der Waals surface area contributed by atoms with E-state index in [1.54, 1.807) is 23.1 Å². The summed E-state index contributed by atoms with van der Waals surface area (Å²) in [6, 6.07) is 4.69. The molecule has 4 nitrogen and oxygen atoms in total. The number of aromatic nitrogens is 3. The first-order valence-electron chi connectivity index (χ1n) is 6.49. The van der Waals surface area contributed by atoms with E-state index in [1.807, 2.05) is 6.92 Å². The standard InChI is InChI=1S/C14H15ClFN3O/c1-9-10(2)20-14(9,6-19-8-17-7-18-19)12-4-3-11(15)5-13(12)16/h3-5,7-10H,6H2,1-2H3. The Morgan fingerprint density at radius 1 is 1.45 bits per heavy atom. The Bertz CT molecular complexity index is 619. The van der Waals surface area contributed by atoms with Gasteiger partial charge >= 0.3 is 0 Å². The van der Waals surface area contributed by atoms with Crippen LogP contribution < -0.4 is 0 Å². The summed E-state index contributed by atoms with van der Waals surface area (Å²) in [6.45, 7) is 4.47. The molecule has 0 aliphatic carbocycles. The molecule has 1 aromatic carbocycles. The summed E-state index contributed by atoms with van der Waals surface area (Å²) < 4.78 is 21.9. The van der Waals surface area contributed by atoms with Crippen LogP contribution in [-0.4, -0.2) is 20.9 Å². The molecular weight excluding hydrogens is 281 g/mol. The molecule has 0 saturated carbocycles. The quantitative estimate of drug-likeness (QED) is 0.874. The predicted octanol–water partition coefficient (Wildman–Crippen LogP) is 3.02.